The summed E-state index contributed by atoms with van der Waals surface area (Å²) in [6.45, 7) is 4.53. The number of nitrogens with zero attached hydrogens (tertiary/aromatic N) is 2. The van der Waals surface area contributed by atoms with Gasteiger partial charge in [0.25, 0.3) is 0 Å². The molecule has 5 heteroatoms. The number of nitrogens with one attached hydrogen (secondary N) is 1. The number of anilines is 1. The number of hydrogen-bond acceptors (Lipinski definition) is 5. The predicted octanol–water partition coefficient (Wildman–Crippen LogP) is 2.01. The van der Waals surface area contributed by atoms with E-state index in [9.17, 15) is 0 Å². The van der Waals surface area contributed by atoms with E-state index in [2.05, 4.69) is 15.6 Å². The number of rotatable bonds is 4. The lowest BCUT2D eigenvalue weighted by molar-refractivity contribution is 0.122. The van der Waals surface area contributed by atoms with E-state index in [1.165, 1.54) is 31.4 Å². The van der Waals surface area contributed by atoms with Crippen LogP contribution in [0, 0.1) is 0 Å². The van der Waals surface area contributed by atoms with Gasteiger partial charge in [-0.15, -0.1) is 11.3 Å². The van der Waals surface area contributed by atoms with Gasteiger partial charge in [-0.25, -0.2) is 4.98 Å². The number of morpholine rings is 1. The Morgan fingerprint density at radius 3 is 2.89 bits per heavy atom. The fourth-order valence-corrected chi connectivity index (χ4v) is 3.54. The van der Waals surface area contributed by atoms with Crippen LogP contribution >= 0.6 is 11.3 Å². The maximum Gasteiger partial charge on any atom is 0.185 e. The zero-order valence-electron chi connectivity index (χ0n) is 10.7. The number of ether oxygens (including phenoxy) is 1. The van der Waals surface area contributed by atoms with Crippen LogP contribution in [0.3, 0.4) is 0 Å². The van der Waals surface area contributed by atoms with E-state index in [0.717, 1.165) is 44.0 Å². The molecule has 1 aliphatic heterocycles. The highest BCUT2D eigenvalue weighted by atomic mass is 32.1. The van der Waals surface area contributed by atoms with Crippen molar-refractivity contribution in [1.29, 1.82) is 0 Å². The summed E-state index contributed by atoms with van der Waals surface area (Å²) in [6.07, 6.45) is 5.43. The normalized spacial score (nSPS) is 21.7. The van der Waals surface area contributed by atoms with Crippen LogP contribution in [0.4, 0.5) is 5.13 Å². The lowest BCUT2D eigenvalue weighted by Crippen LogP contribution is -2.36. The van der Waals surface area contributed by atoms with Gasteiger partial charge in [0.1, 0.15) is 0 Å². The molecule has 18 heavy (non-hydrogen) atoms. The van der Waals surface area contributed by atoms with Crippen molar-refractivity contribution in [3.05, 3.63) is 11.1 Å². The molecule has 2 aliphatic rings. The van der Waals surface area contributed by atoms with Crippen LogP contribution in [-0.4, -0.2) is 37.3 Å². The summed E-state index contributed by atoms with van der Waals surface area (Å²) < 4.78 is 5.37. The summed E-state index contributed by atoms with van der Waals surface area (Å²) in [6, 6.07) is 0.721. The standard InChI is InChI=1S/C13H21N3OS/c1-2-4-11(3-1)14-9-12-10-18-13(15-12)16-5-7-17-8-6-16/h10-11,14H,1-9H2. The maximum atomic E-state index is 5.37. The molecule has 1 aromatic rings. The van der Waals surface area contributed by atoms with Crippen LogP contribution in [-0.2, 0) is 11.3 Å². The third-order valence-corrected chi connectivity index (χ3v) is 4.70. The van der Waals surface area contributed by atoms with Crippen LogP contribution in [0.1, 0.15) is 31.4 Å². The Labute approximate surface area is 112 Å². The molecule has 0 unspecified atom stereocenters. The summed E-state index contributed by atoms with van der Waals surface area (Å²) >= 11 is 1.76. The molecule has 0 atom stereocenters. The zero-order chi connectivity index (χ0) is 12.2. The molecule has 0 radical (unpaired) electrons. The molecule has 1 aliphatic carbocycles. The van der Waals surface area contributed by atoms with Gasteiger partial charge in [0, 0.05) is 31.1 Å². The van der Waals surface area contributed by atoms with Crippen molar-refractivity contribution in [2.24, 2.45) is 0 Å². The van der Waals surface area contributed by atoms with Crippen molar-refractivity contribution in [1.82, 2.24) is 10.3 Å². The molecular weight excluding hydrogens is 246 g/mol. The van der Waals surface area contributed by atoms with E-state index >= 15 is 0 Å². The van der Waals surface area contributed by atoms with Crippen LogP contribution in [0.15, 0.2) is 5.38 Å². The summed E-state index contributed by atoms with van der Waals surface area (Å²) in [7, 11) is 0. The molecule has 100 valence electrons. The molecule has 4 nitrogen and oxygen atoms in total. The Hall–Kier alpha value is -0.650. The molecular formula is C13H21N3OS. The van der Waals surface area contributed by atoms with Crippen molar-refractivity contribution < 1.29 is 4.74 Å². The third-order valence-electron chi connectivity index (χ3n) is 3.75. The highest BCUT2D eigenvalue weighted by Crippen LogP contribution is 2.22. The van der Waals surface area contributed by atoms with Crippen LogP contribution in [0.5, 0.6) is 0 Å². The van der Waals surface area contributed by atoms with Crippen LogP contribution < -0.4 is 10.2 Å². The topological polar surface area (TPSA) is 37.4 Å². The van der Waals surface area contributed by atoms with E-state index < -0.39 is 0 Å². The van der Waals surface area contributed by atoms with Gasteiger partial charge in [-0.05, 0) is 12.8 Å². The van der Waals surface area contributed by atoms with Crippen molar-refractivity contribution in [2.45, 2.75) is 38.3 Å². The van der Waals surface area contributed by atoms with Crippen LogP contribution in [0.25, 0.3) is 0 Å². The molecule has 0 amide bonds. The van der Waals surface area contributed by atoms with Gasteiger partial charge in [0.15, 0.2) is 5.13 Å². The number of thiazole rings is 1. The Balaban J connectivity index is 1.52. The van der Waals surface area contributed by atoms with Gasteiger partial charge in [0.05, 0.1) is 18.9 Å². The second kappa shape index (κ2) is 5.99. The van der Waals surface area contributed by atoms with E-state index in [0.29, 0.717) is 0 Å². The minimum Gasteiger partial charge on any atom is -0.378 e. The first-order chi connectivity index (χ1) is 8.92. The molecule has 3 rings (SSSR count). The van der Waals surface area contributed by atoms with E-state index in [1.807, 2.05) is 0 Å². The third kappa shape index (κ3) is 3.02. The average molecular weight is 267 g/mol. The van der Waals surface area contributed by atoms with Gasteiger partial charge in [-0.3, -0.25) is 0 Å². The Kier molecular flexibility index (Phi) is 4.13. The van der Waals surface area contributed by atoms with Gasteiger partial charge < -0.3 is 15.0 Å². The van der Waals surface area contributed by atoms with E-state index in [1.54, 1.807) is 11.3 Å². The summed E-state index contributed by atoms with van der Waals surface area (Å²) in [5, 5.41) is 6.96. The zero-order valence-corrected chi connectivity index (χ0v) is 11.5. The Morgan fingerprint density at radius 1 is 1.33 bits per heavy atom. The first-order valence-electron chi connectivity index (χ1n) is 6.92. The van der Waals surface area contributed by atoms with Gasteiger partial charge in [-0.1, -0.05) is 12.8 Å². The van der Waals surface area contributed by atoms with Gasteiger partial charge in [0.2, 0.25) is 0 Å². The minimum atomic E-state index is 0.721. The van der Waals surface area contributed by atoms with Crippen molar-refractivity contribution in [3.63, 3.8) is 0 Å². The molecule has 1 N–H and O–H groups in total. The van der Waals surface area contributed by atoms with Crippen molar-refractivity contribution in [2.75, 3.05) is 31.2 Å². The Morgan fingerprint density at radius 2 is 2.11 bits per heavy atom. The van der Waals surface area contributed by atoms with Crippen molar-refractivity contribution in [3.8, 4) is 0 Å². The monoisotopic (exact) mass is 267 g/mol. The van der Waals surface area contributed by atoms with E-state index in [4.69, 9.17) is 9.72 Å². The average Bonchev–Trinajstić information content (AvgIpc) is 3.09. The molecule has 2 fully saturated rings. The summed E-state index contributed by atoms with van der Waals surface area (Å²) in [5.41, 5.74) is 1.19. The highest BCUT2D eigenvalue weighted by molar-refractivity contribution is 7.13. The predicted molar refractivity (Wildman–Crippen MR) is 74.2 cm³/mol. The van der Waals surface area contributed by atoms with E-state index in [-0.39, 0.29) is 0 Å². The molecule has 0 spiro atoms. The first-order valence-corrected chi connectivity index (χ1v) is 7.80. The maximum absolute atomic E-state index is 5.37. The molecule has 0 aromatic carbocycles. The molecule has 1 aromatic heterocycles. The molecule has 0 bridgehead atoms. The lowest BCUT2D eigenvalue weighted by Gasteiger charge is -2.26. The highest BCUT2D eigenvalue weighted by Gasteiger charge is 2.16. The number of hydrogen-bond donors (Lipinski definition) is 1. The summed E-state index contributed by atoms with van der Waals surface area (Å²) in [5.74, 6) is 0. The quantitative estimate of drug-likeness (QED) is 0.905. The second-order valence-electron chi connectivity index (χ2n) is 5.08. The molecule has 2 heterocycles. The van der Waals surface area contributed by atoms with Gasteiger partial charge >= 0.3 is 0 Å². The lowest BCUT2D eigenvalue weighted by atomic mass is 10.2. The fraction of sp³-hybridized carbons (Fsp3) is 0.769. The molecule has 1 saturated carbocycles. The van der Waals surface area contributed by atoms with Gasteiger partial charge in [-0.2, -0.15) is 0 Å². The first kappa shape index (κ1) is 12.4. The van der Waals surface area contributed by atoms with Crippen molar-refractivity contribution >= 4 is 16.5 Å². The smallest absolute Gasteiger partial charge is 0.185 e. The minimum absolute atomic E-state index is 0.721. The summed E-state index contributed by atoms with van der Waals surface area (Å²) in [4.78, 5) is 7.05. The SMILES string of the molecule is c1sc(N2CCOCC2)nc1CNC1CCCC1. The number of aromatic nitrogens is 1. The molecule has 1 saturated heterocycles. The largest absolute Gasteiger partial charge is 0.378 e. The fourth-order valence-electron chi connectivity index (χ4n) is 2.66. The van der Waals surface area contributed by atoms with Crippen LogP contribution in [0.2, 0.25) is 0 Å². The Bertz CT molecular complexity index is 370. The second-order valence-corrected chi connectivity index (χ2v) is 5.92.